The predicted molar refractivity (Wildman–Crippen MR) is 75.3 cm³/mol. The van der Waals surface area contributed by atoms with E-state index in [-0.39, 0.29) is 12.1 Å². The molecule has 0 fully saturated rings. The molecule has 3 heteroatoms. The molecule has 0 aliphatic rings. The van der Waals surface area contributed by atoms with Crippen molar-refractivity contribution < 1.29 is 5.11 Å². The van der Waals surface area contributed by atoms with Crippen molar-refractivity contribution in [2.24, 2.45) is 0 Å². The molecule has 1 unspecified atom stereocenters. The maximum absolute atomic E-state index is 9.00. The second kappa shape index (κ2) is 8.67. The molecule has 0 radical (unpaired) electrons. The standard InChI is InChI=1S/C14H30N2O/c1-6-10-16(11-12-17)13(2)8-7-9-15-14(3,4)5/h6,13,15,17H,1,7-12H2,2-5H3. The van der Waals surface area contributed by atoms with E-state index in [1.165, 1.54) is 0 Å². The first kappa shape index (κ1) is 16.6. The molecule has 0 amide bonds. The van der Waals surface area contributed by atoms with Gasteiger partial charge in [-0.3, -0.25) is 4.90 Å². The average molecular weight is 242 g/mol. The normalized spacial score (nSPS) is 14.0. The molecule has 0 aromatic rings. The van der Waals surface area contributed by atoms with Gasteiger partial charge in [-0.05, 0) is 47.1 Å². The lowest BCUT2D eigenvalue weighted by molar-refractivity contribution is 0.164. The molecule has 0 aromatic heterocycles. The number of aliphatic hydroxyl groups is 1. The Labute approximate surface area is 107 Å². The molecule has 0 bridgehead atoms. The predicted octanol–water partition coefficient (Wildman–Crippen LogP) is 2.02. The third-order valence-corrected chi connectivity index (χ3v) is 2.83. The summed E-state index contributed by atoms with van der Waals surface area (Å²) in [6.07, 6.45) is 4.22. The van der Waals surface area contributed by atoms with E-state index in [9.17, 15) is 0 Å². The van der Waals surface area contributed by atoms with E-state index >= 15 is 0 Å². The van der Waals surface area contributed by atoms with Crippen LogP contribution in [0.4, 0.5) is 0 Å². The number of nitrogens with zero attached hydrogens (tertiary/aromatic N) is 1. The highest BCUT2D eigenvalue weighted by Gasteiger charge is 2.12. The highest BCUT2D eigenvalue weighted by atomic mass is 16.3. The largest absolute Gasteiger partial charge is 0.395 e. The molecule has 0 aliphatic carbocycles. The maximum Gasteiger partial charge on any atom is 0.0558 e. The number of nitrogens with one attached hydrogen (secondary N) is 1. The zero-order chi connectivity index (χ0) is 13.3. The van der Waals surface area contributed by atoms with Gasteiger partial charge in [0.05, 0.1) is 6.61 Å². The Kier molecular flexibility index (Phi) is 8.48. The smallest absolute Gasteiger partial charge is 0.0558 e. The fourth-order valence-corrected chi connectivity index (χ4v) is 1.83. The van der Waals surface area contributed by atoms with Crippen LogP contribution < -0.4 is 5.32 Å². The molecule has 2 N–H and O–H groups in total. The van der Waals surface area contributed by atoms with Crippen LogP contribution in [0.2, 0.25) is 0 Å². The molecule has 0 aromatic carbocycles. The van der Waals surface area contributed by atoms with Crippen molar-refractivity contribution >= 4 is 0 Å². The first-order valence-corrected chi connectivity index (χ1v) is 6.61. The molecule has 1 atom stereocenters. The van der Waals surface area contributed by atoms with E-state index in [1.807, 2.05) is 6.08 Å². The van der Waals surface area contributed by atoms with Crippen molar-refractivity contribution in [1.82, 2.24) is 10.2 Å². The number of aliphatic hydroxyl groups excluding tert-OH is 1. The molecule has 0 aliphatic heterocycles. The Hall–Kier alpha value is -0.380. The lowest BCUT2D eigenvalue weighted by atomic mass is 10.1. The Morgan fingerprint density at radius 3 is 2.53 bits per heavy atom. The number of rotatable bonds is 9. The summed E-state index contributed by atoms with van der Waals surface area (Å²) < 4.78 is 0. The second-order valence-electron chi connectivity index (χ2n) is 5.68. The SMILES string of the molecule is C=CCN(CCO)C(C)CCCNC(C)(C)C. The van der Waals surface area contributed by atoms with Crippen molar-refractivity contribution in [2.45, 2.75) is 52.1 Å². The first-order chi connectivity index (χ1) is 7.90. The fourth-order valence-electron chi connectivity index (χ4n) is 1.83. The molecular formula is C14H30N2O. The van der Waals surface area contributed by atoms with Gasteiger partial charge in [-0.1, -0.05) is 6.08 Å². The van der Waals surface area contributed by atoms with Gasteiger partial charge in [0.1, 0.15) is 0 Å². The van der Waals surface area contributed by atoms with E-state index in [2.05, 4.69) is 44.5 Å². The molecular weight excluding hydrogens is 212 g/mol. The highest BCUT2D eigenvalue weighted by Crippen LogP contribution is 2.07. The molecule has 102 valence electrons. The van der Waals surface area contributed by atoms with Crippen LogP contribution in [0.15, 0.2) is 12.7 Å². The van der Waals surface area contributed by atoms with Gasteiger partial charge < -0.3 is 10.4 Å². The van der Waals surface area contributed by atoms with Crippen molar-refractivity contribution in [3.63, 3.8) is 0 Å². The number of hydrogen-bond donors (Lipinski definition) is 2. The quantitative estimate of drug-likeness (QED) is 0.480. The lowest BCUT2D eigenvalue weighted by Crippen LogP contribution is -2.38. The maximum atomic E-state index is 9.00. The summed E-state index contributed by atoms with van der Waals surface area (Å²) in [5.74, 6) is 0. The molecule has 17 heavy (non-hydrogen) atoms. The zero-order valence-corrected chi connectivity index (χ0v) is 12.0. The Morgan fingerprint density at radius 2 is 2.06 bits per heavy atom. The summed E-state index contributed by atoms with van der Waals surface area (Å²) >= 11 is 0. The van der Waals surface area contributed by atoms with Crippen LogP contribution in [0.5, 0.6) is 0 Å². The molecule has 0 saturated carbocycles. The van der Waals surface area contributed by atoms with Crippen molar-refractivity contribution in [2.75, 3.05) is 26.2 Å². The van der Waals surface area contributed by atoms with E-state index in [0.29, 0.717) is 6.04 Å². The van der Waals surface area contributed by atoms with Crippen molar-refractivity contribution in [3.05, 3.63) is 12.7 Å². The van der Waals surface area contributed by atoms with Crippen LogP contribution in [0.1, 0.15) is 40.5 Å². The molecule has 0 heterocycles. The summed E-state index contributed by atoms with van der Waals surface area (Å²) in [5, 5.41) is 12.5. The van der Waals surface area contributed by atoms with Gasteiger partial charge in [-0.2, -0.15) is 0 Å². The minimum atomic E-state index is 0.204. The van der Waals surface area contributed by atoms with Crippen molar-refractivity contribution in [3.8, 4) is 0 Å². The number of hydrogen-bond acceptors (Lipinski definition) is 3. The van der Waals surface area contributed by atoms with Crippen LogP contribution in [-0.2, 0) is 0 Å². The minimum absolute atomic E-state index is 0.204. The Balaban J connectivity index is 3.81. The summed E-state index contributed by atoms with van der Waals surface area (Å²) in [6, 6.07) is 0.502. The molecule has 0 spiro atoms. The second-order valence-corrected chi connectivity index (χ2v) is 5.68. The lowest BCUT2D eigenvalue weighted by Gasteiger charge is -2.28. The Morgan fingerprint density at radius 1 is 1.41 bits per heavy atom. The summed E-state index contributed by atoms with van der Waals surface area (Å²) in [4.78, 5) is 2.27. The van der Waals surface area contributed by atoms with E-state index in [0.717, 1.165) is 32.5 Å². The Bertz CT molecular complexity index is 199. The average Bonchev–Trinajstić information content (AvgIpc) is 2.22. The van der Waals surface area contributed by atoms with Gasteiger partial charge in [0.2, 0.25) is 0 Å². The molecule has 0 rings (SSSR count). The van der Waals surface area contributed by atoms with E-state index in [1.54, 1.807) is 0 Å². The van der Waals surface area contributed by atoms with Gasteiger partial charge in [-0.25, -0.2) is 0 Å². The third-order valence-electron chi connectivity index (χ3n) is 2.83. The van der Waals surface area contributed by atoms with Crippen LogP contribution >= 0.6 is 0 Å². The zero-order valence-electron chi connectivity index (χ0n) is 12.0. The van der Waals surface area contributed by atoms with Gasteiger partial charge in [0.25, 0.3) is 0 Å². The summed E-state index contributed by atoms with van der Waals surface area (Å²) in [7, 11) is 0. The van der Waals surface area contributed by atoms with Gasteiger partial charge in [0.15, 0.2) is 0 Å². The van der Waals surface area contributed by atoms with Gasteiger partial charge in [0, 0.05) is 24.7 Å². The third kappa shape index (κ3) is 9.33. The van der Waals surface area contributed by atoms with E-state index < -0.39 is 0 Å². The monoisotopic (exact) mass is 242 g/mol. The molecule has 3 nitrogen and oxygen atoms in total. The van der Waals surface area contributed by atoms with Gasteiger partial charge in [-0.15, -0.1) is 6.58 Å². The topological polar surface area (TPSA) is 35.5 Å². The van der Waals surface area contributed by atoms with Crippen LogP contribution in [0, 0.1) is 0 Å². The van der Waals surface area contributed by atoms with Gasteiger partial charge >= 0.3 is 0 Å². The first-order valence-electron chi connectivity index (χ1n) is 6.61. The summed E-state index contributed by atoms with van der Waals surface area (Å²) in [5.41, 5.74) is 0.204. The van der Waals surface area contributed by atoms with Crippen LogP contribution in [-0.4, -0.2) is 47.8 Å². The molecule has 0 saturated heterocycles. The fraction of sp³-hybridized carbons (Fsp3) is 0.857. The van der Waals surface area contributed by atoms with Crippen molar-refractivity contribution in [1.29, 1.82) is 0 Å². The van der Waals surface area contributed by atoms with Crippen LogP contribution in [0.25, 0.3) is 0 Å². The minimum Gasteiger partial charge on any atom is -0.395 e. The van der Waals surface area contributed by atoms with Crippen LogP contribution in [0.3, 0.4) is 0 Å². The van der Waals surface area contributed by atoms with E-state index in [4.69, 9.17) is 5.11 Å². The summed E-state index contributed by atoms with van der Waals surface area (Å²) in [6.45, 7) is 15.4. The highest BCUT2D eigenvalue weighted by molar-refractivity contribution is 4.78.